The number of hydrogen-bond acceptors (Lipinski definition) is 3. The Labute approximate surface area is 216 Å². The first-order valence-electron chi connectivity index (χ1n) is 12.4. The molecule has 190 valence electrons. The highest BCUT2D eigenvalue weighted by Gasteiger charge is 2.34. The Kier molecular flexibility index (Phi) is 6.04. The number of fused-ring (bicyclic) bond motifs is 3. The van der Waals surface area contributed by atoms with E-state index in [1.165, 1.54) is 17.8 Å². The van der Waals surface area contributed by atoms with Gasteiger partial charge in [-0.25, -0.2) is 0 Å². The van der Waals surface area contributed by atoms with Crippen molar-refractivity contribution in [3.8, 4) is 11.3 Å². The van der Waals surface area contributed by atoms with Crippen LogP contribution >= 0.6 is 11.8 Å². The number of rotatable bonds is 3. The number of alkyl halides is 3. The van der Waals surface area contributed by atoms with Crippen LogP contribution in [0.3, 0.4) is 0 Å². The van der Waals surface area contributed by atoms with E-state index in [1.807, 2.05) is 42.5 Å². The highest BCUT2D eigenvalue weighted by molar-refractivity contribution is 7.99. The first-order valence-corrected chi connectivity index (χ1v) is 13.3. The maximum atomic E-state index is 13.8. The van der Waals surface area contributed by atoms with E-state index in [0.29, 0.717) is 24.2 Å². The van der Waals surface area contributed by atoms with E-state index in [2.05, 4.69) is 16.4 Å². The fourth-order valence-corrected chi connectivity index (χ4v) is 6.58. The number of hydrogen-bond donors (Lipinski definition) is 3. The fraction of sp³-hybridized carbons (Fsp3) is 0.276. The molecule has 8 heteroatoms. The number of nitrogens with one attached hydrogen (secondary N) is 2. The first kappa shape index (κ1) is 24.1. The van der Waals surface area contributed by atoms with Crippen molar-refractivity contribution in [1.29, 1.82) is 0 Å². The summed E-state index contributed by atoms with van der Waals surface area (Å²) >= 11 is 1.32. The molecule has 1 saturated carbocycles. The Morgan fingerprint density at radius 3 is 2.65 bits per heavy atom. The molecule has 4 N–H and O–H groups in total. The van der Waals surface area contributed by atoms with Gasteiger partial charge in [-0.1, -0.05) is 48.5 Å². The third-order valence-corrected chi connectivity index (χ3v) is 8.56. The van der Waals surface area contributed by atoms with Gasteiger partial charge in [0, 0.05) is 50.5 Å². The van der Waals surface area contributed by atoms with Crippen LogP contribution in [-0.2, 0) is 17.4 Å². The maximum Gasteiger partial charge on any atom is 0.416 e. The standard InChI is InChI=1S/C29H26F3N3OS/c30-29(31,32)20-14-25(35-28(36)19-5-3-6-21(33)10-19)22-11-18-9-8-17(13-26(18)37-27(22)15-20)24-12-16-4-1-2-7-23(16)34-24/h1-2,4,7-9,12-15,19,21,34H,3,5-6,10-11,33H2,(H,35,36). The molecule has 4 aromatic rings. The van der Waals surface area contributed by atoms with Gasteiger partial charge in [-0.2, -0.15) is 13.2 Å². The third-order valence-electron chi connectivity index (χ3n) is 7.38. The minimum atomic E-state index is -4.52. The average molecular weight is 522 g/mol. The van der Waals surface area contributed by atoms with E-state index >= 15 is 0 Å². The van der Waals surface area contributed by atoms with Crippen LogP contribution in [0.25, 0.3) is 22.2 Å². The van der Waals surface area contributed by atoms with Gasteiger partial charge in [0.1, 0.15) is 0 Å². The van der Waals surface area contributed by atoms with Gasteiger partial charge in [0.05, 0.1) is 5.56 Å². The summed E-state index contributed by atoms with van der Waals surface area (Å²) < 4.78 is 41.5. The monoisotopic (exact) mass is 521 g/mol. The largest absolute Gasteiger partial charge is 0.416 e. The molecule has 1 amide bonds. The molecule has 2 heterocycles. The summed E-state index contributed by atoms with van der Waals surface area (Å²) in [5.74, 6) is -0.530. The second-order valence-electron chi connectivity index (χ2n) is 9.98. The molecule has 0 saturated heterocycles. The molecule has 2 atom stereocenters. The normalized spacial score (nSPS) is 19.4. The SMILES string of the molecule is NC1CCCC(C(=O)Nc2cc(C(F)(F)F)cc3c2Cc2ccc(-c4cc5ccccc5[nH]4)cc2S3)C1. The fourth-order valence-electron chi connectivity index (χ4n) is 5.40. The number of carbonyl (C=O) groups excluding carboxylic acids is 1. The van der Waals surface area contributed by atoms with Crippen molar-refractivity contribution in [1.82, 2.24) is 4.98 Å². The summed E-state index contributed by atoms with van der Waals surface area (Å²) in [6, 6.07) is 18.4. The van der Waals surface area contributed by atoms with E-state index in [0.717, 1.165) is 57.1 Å². The van der Waals surface area contributed by atoms with Crippen LogP contribution in [0.1, 0.15) is 42.4 Å². The Balaban J connectivity index is 1.34. The molecule has 0 radical (unpaired) electrons. The third kappa shape index (κ3) is 4.76. The van der Waals surface area contributed by atoms with E-state index < -0.39 is 11.7 Å². The lowest BCUT2D eigenvalue weighted by atomic mass is 9.85. The molecule has 1 aliphatic heterocycles. The predicted molar refractivity (Wildman–Crippen MR) is 141 cm³/mol. The number of aromatic amines is 1. The topological polar surface area (TPSA) is 70.9 Å². The second kappa shape index (κ2) is 9.26. The van der Waals surface area contributed by atoms with Crippen molar-refractivity contribution in [3.63, 3.8) is 0 Å². The Morgan fingerprint density at radius 1 is 1.03 bits per heavy atom. The molecular weight excluding hydrogens is 495 g/mol. The number of halogens is 3. The van der Waals surface area contributed by atoms with E-state index in [9.17, 15) is 18.0 Å². The summed E-state index contributed by atoms with van der Waals surface area (Å²) in [5, 5.41) is 3.94. The Morgan fingerprint density at radius 2 is 1.86 bits per heavy atom. The van der Waals surface area contributed by atoms with Gasteiger partial charge in [-0.05, 0) is 66.3 Å². The molecule has 2 aliphatic rings. The van der Waals surface area contributed by atoms with Crippen molar-refractivity contribution in [2.24, 2.45) is 11.7 Å². The molecule has 1 aliphatic carbocycles. The highest BCUT2D eigenvalue weighted by atomic mass is 32.2. The minimum absolute atomic E-state index is 0.0474. The van der Waals surface area contributed by atoms with Crippen molar-refractivity contribution < 1.29 is 18.0 Å². The molecule has 37 heavy (non-hydrogen) atoms. The number of benzene rings is 3. The summed E-state index contributed by atoms with van der Waals surface area (Å²) in [7, 11) is 0. The van der Waals surface area contributed by atoms with Crippen LogP contribution in [0.15, 0.2) is 70.5 Å². The van der Waals surface area contributed by atoms with Crippen LogP contribution in [-0.4, -0.2) is 16.9 Å². The molecular formula is C29H26F3N3OS. The molecule has 2 unspecified atom stereocenters. The number of para-hydroxylation sites is 1. The Bertz CT molecular complexity index is 1480. The summed E-state index contributed by atoms with van der Waals surface area (Å²) in [6.07, 6.45) is -1.09. The number of aromatic nitrogens is 1. The lowest BCUT2D eigenvalue weighted by molar-refractivity contribution is -0.137. The van der Waals surface area contributed by atoms with Gasteiger partial charge < -0.3 is 16.0 Å². The Hall–Kier alpha value is -3.23. The quantitative estimate of drug-likeness (QED) is 0.232. The minimum Gasteiger partial charge on any atom is -0.355 e. The zero-order valence-electron chi connectivity index (χ0n) is 20.0. The van der Waals surface area contributed by atoms with Crippen molar-refractivity contribution >= 4 is 34.3 Å². The van der Waals surface area contributed by atoms with Gasteiger partial charge in [0.15, 0.2) is 0 Å². The number of H-pyrrole nitrogens is 1. The van der Waals surface area contributed by atoms with Gasteiger partial charge in [0.2, 0.25) is 5.91 Å². The predicted octanol–water partition coefficient (Wildman–Crippen LogP) is 7.37. The van der Waals surface area contributed by atoms with Gasteiger partial charge in [-0.15, -0.1) is 0 Å². The number of nitrogens with two attached hydrogens (primary N) is 1. The molecule has 0 bridgehead atoms. The van der Waals surface area contributed by atoms with Crippen LogP contribution < -0.4 is 11.1 Å². The molecule has 6 rings (SSSR count). The average Bonchev–Trinajstić information content (AvgIpc) is 3.31. The van der Waals surface area contributed by atoms with Gasteiger partial charge in [0.25, 0.3) is 0 Å². The first-order chi connectivity index (χ1) is 17.7. The number of amides is 1. The number of anilines is 1. The zero-order valence-corrected chi connectivity index (χ0v) is 20.8. The summed E-state index contributed by atoms with van der Waals surface area (Å²) in [5.41, 5.74) is 10.2. The molecule has 4 nitrogen and oxygen atoms in total. The van der Waals surface area contributed by atoms with Gasteiger partial charge >= 0.3 is 6.18 Å². The van der Waals surface area contributed by atoms with Crippen LogP contribution in [0.5, 0.6) is 0 Å². The van der Waals surface area contributed by atoms with Crippen LogP contribution in [0.4, 0.5) is 18.9 Å². The number of carbonyl (C=O) groups is 1. The second-order valence-corrected chi connectivity index (χ2v) is 11.1. The highest BCUT2D eigenvalue weighted by Crippen LogP contribution is 2.46. The van der Waals surface area contributed by atoms with Crippen molar-refractivity contribution in [2.45, 2.75) is 54.1 Å². The lowest BCUT2D eigenvalue weighted by Gasteiger charge is -2.28. The molecule has 1 fully saturated rings. The van der Waals surface area contributed by atoms with E-state index in [-0.39, 0.29) is 23.6 Å². The van der Waals surface area contributed by atoms with Gasteiger partial charge in [-0.3, -0.25) is 4.79 Å². The molecule has 3 aromatic carbocycles. The smallest absolute Gasteiger partial charge is 0.355 e. The summed E-state index contributed by atoms with van der Waals surface area (Å²) in [4.78, 5) is 17.9. The van der Waals surface area contributed by atoms with E-state index in [1.54, 1.807) is 0 Å². The molecule has 1 aromatic heterocycles. The van der Waals surface area contributed by atoms with E-state index in [4.69, 9.17) is 5.73 Å². The summed E-state index contributed by atoms with van der Waals surface area (Å²) in [6.45, 7) is 0. The van der Waals surface area contributed by atoms with Crippen LogP contribution in [0, 0.1) is 5.92 Å². The zero-order chi connectivity index (χ0) is 25.7. The maximum absolute atomic E-state index is 13.8. The van der Waals surface area contributed by atoms with Crippen molar-refractivity contribution in [3.05, 3.63) is 77.4 Å². The molecule has 0 spiro atoms. The van der Waals surface area contributed by atoms with Crippen LogP contribution in [0.2, 0.25) is 0 Å². The lowest BCUT2D eigenvalue weighted by Crippen LogP contribution is -2.34. The van der Waals surface area contributed by atoms with Crippen molar-refractivity contribution in [2.75, 3.05) is 5.32 Å².